The van der Waals surface area contributed by atoms with Crippen molar-refractivity contribution < 1.29 is 23.1 Å². The van der Waals surface area contributed by atoms with Gasteiger partial charge in [0.25, 0.3) is 5.91 Å². The molecule has 1 aliphatic rings. The molecule has 0 bridgehead atoms. The lowest BCUT2D eigenvalue weighted by Crippen LogP contribution is -2.27. The van der Waals surface area contributed by atoms with Crippen molar-refractivity contribution in [1.82, 2.24) is 9.62 Å². The molecule has 2 N–H and O–H groups in total. The molecular formula is C25H21ClN2O5S3. The van der Waals surface area contributed by atoms with Crippen LogP contribution in [-0.2, 0) is 27.9 Å². The van der Waals surface area contributed by atoms with E-state index in [1.54, 1.807) is 55.7 Å². The molecule has 0 spiro atoms. The normalized spacial score (nSPS) is 15.1. The number of carbonyl (C=O) groups excluding carboxylic acids is 1. The molecule has 0 aliphatic carbocycles. The van der Waals surface area contributed by atoms with Crippen LogP contribution in [0.1, 0.15) is 16.7 Å². The van der Waals surface area contributed by atoms with Crippen LogP contribution in [0.5, 0.6) is 11.5 Å². The molecule has 1 amide bonds. The van der Waals surface area contributed by atoms with Gasteiger partial charge in [0, 0.05) is 17.1 Å². The van der Waals surface area contributed by atoms with Gasteiger partial charge in [0.05, 0.1) is 23.5 Å². The summed E-state index contributed by atoms with van der Waals surface area (Å²) >= 11 is 12.7. The Morgan fingerprint density at radius 1 is 1.11 bits per heavy atom. The number of carbonyl (C=O) groups is 1. The van der Waals surface area contributed by atoms with Crippen LogP contribution in [0.25, 0.3) is 6.08 Å². The summed E-state index contributed by atoms with van der Waals surface area (Å²) < 4.78 is 33.6. The maximum atomic E-state index is 13.0. The van der Waals surface area contributed by atoms with Crippen molar-refractivity contribution in [3.05, 3.63) is 93.3 Å². The number of halogens is 1. The van der Waals surface area contributed by atoms with Crippen molar-refractivity contribution in [2.45, 2.75) is 18.0 Å². The van der Waals surface area contributed by atoms with E-state index in [2.05, 4.69) is 4.72 Å². The molecule has 1 fully saturated rings. The molecule has 4 rings (SSSR count). The minimum atomic E-state index is -3.74. The fraction of sp³-hybridized carbons (Fsp3) is 0.120. The predicted molar refractivity (Wildman–Crippen MR) is 145 cm³/mol. The Balaban J connectivity index is 1.45. The van der Waals surface area contributed by atoms with Crippen LogP contribution in [0.3, 0.4) is 0 Å². The summed E-state index contributed by atoms with van der Waals surface area (Å²) in [4.78, 5) is 15.0. The van der Waals surface area contributed by atoms with E-state index >= 15 is 0 Å². The smallest absolute Gasteiger partial charge is 0.266 e. The average molecular weight is 561 g/mol. The Labute approximate surface area is 223 Å². The molecule has 3 aromatic carbocycles. The van der Waals surface area contributed by atoms with Gasteiger partial charge < -0.3 is 9.84 Å². The molecule has 0 radical (unpaired) electrons. The molecular weight excluding hydrogens is 540 g/mol. The van der Waals surface area contributed by atoms with Crippen molar-refractivity contribution in [1.29, 1.82) is 0 Å². The summed E-state index contributed by atoms with van der Waals surface area (Å²) in [5.74, 6) is 0.464. The van der Waals surface area contributed by atoms with E-state index in [1.165, 1.54) is 40.9 Å². The summed E-state index contributed by atoms with van der Waals surface area (Å²) in [5.41, 5.74) is 2.11. The number of thioether (sulfide) groups is 1. The minimum Gasteiger partial charge on any atom is -0.508 e. The molecule has 186 valence electrons. The van der Waals surface area contributed by atoms with E-state index in [4.69, 9.17) is 28.6 Å². The molecule has 3 aromatic rings. The highest BCUT2D eigenvalue weighted by atomic mass is 35.5. The number of amides is 1. The van der Waals surface area contributed by atoms with Crippen LogP contribution in [0, 0.1) is 0 Å². The van der Waals surface area contributed by atoms with Gasteiger partial charge in [-0.25, -0.2) is 13.1 Å². The van der Waals surface area contributed by atoms with Gasteiger partial charge in [0.1, 0.15) is 15.8 Å². The number of methoxy groups -OCH3 is 1. The van der Waals surface area contributed by atoms with E-state index in [9.17, 15) is 18.3 Å². The summed E-state index contributed by atoms with van der Waals surface area (Å²) in [6, 6.07) is 17.6. The number of aromatic hydroxyl groups is 1. The second kappa shape index (κ2) is 11.0. The fourth-order valence-corrected chi connectivity index (χ4v) is 5.91. The van der Waals surface area contributed by atoms with Crippen molar-refractivity contribution in [2.24, 2.45) is 0 Å². The summed E-state index contributed by atoms with van der Waals surface area (Å²) in [5, 5.41) is 9.88. The zero-order chi connectivity index (χ0) is 25.9. The molecule has 1 saturated heterocycles. The van der Waals surface area contributed by atoms with Crippen LogP contribution in [0.2, 0.25) is 5.02 Å². The first-order chi connectivity index (χ1) is 17.2. The van der Waals surface area contributed by atoms with E-state index in [-0.39, 0.29) is 29.6 Å². The van der Waals surface area contributed by atoms with E-state index < -0.39 is 10.0 Å². The second-order valence-electron chi connectivity index (χ2n) is 7.78. The first-order valence-corrected chi connectivity index (χ1v) is 13.7. The number of sulfonamides is 1. The highest BCUT2D eigenvalue weighted by Gasteiger charge is 2.32. The van der Waals surface area contributed by atoms with Gasteiger partial charge in [-0.05, 0) is 59.7 Å². The Bertz CT molecular complexity index is 1440. The summed E-state index contributed by atoms with van der Waals surface area (Å²) in [6.07, 6.45) is 1.68. The minimum absolute atomic E-state index is 0.0875. The molecule has 0 aromatic heterocycles. The van der Waals surface area contributed by atoms with Crippen molar-refractivity contribution in [3.8, 4) is 11.5 Å². The van der Waals surface area contributed by atoms with Crippen LogP contribution >= 0.6 is 35.6 Å². The number of hydrogen-bond acceptors (Lipinski definition) is 7. The maximum absolute atomic E-state index is 13.0. The van der Waals surface area contributed by atoms with Crippen LogP contribution in [0.15, 0.2) is 76.5 Å². The maximum Gasteiger partial charge on any atom is 0.266 e. The summed E-state index contributed by atoms with van der Waals surface area (Å²) in [7, 11) is -2.20. The monoisotopic (exact) mass is 560 g/mol. The Kier molecular flexibility index (Phi) is 8.01. The number of thiocarbonyl (C=S) groups is 1. The zero-order valence-electron chi connectivity index (χ0n) is 19.0. The largest absolute Gasteiger partial charge is 0.508 e. The molecule has 11 heteroatoms. The highest BCUT2D eigenvalue weighted by Crippen LogP contribution is 2.35. The van der Waals surface area contributed by atoms with Gasteiger partial charge in [-0.15, -0.1) is 0 Å². The van der Waals surface area contributed by atoms with Crippen LogP contribution < -0.4 is 9.46 Å². The fourth-order valence-electron chi connectivity index (χ4n) is 3.45. The molecule has 0 unspecified atom stereocenters. The average Bonchev–Trinajstić information content (AvgIpc) is 3.11. The van der Waals surface area contributed by atoms with E-state index in [0.29, 0.717) is 31.1 Å². The first kappa shape index (κ1) is 26.2. The number of benzene rings is 3. The van der Waals surface area contributed by atoms with Gasteiger partial charge in [-0.2, -0.15) is 0 Å². The molecule has 0 atom stereocenters. The van der Waals surface area contributed by atoms with Crippen molar-refractivity contribution >= 4 is 61.9 Å². The molecule has 1 heterocycles. The van der Waals surface area contributed by atoms with E-state index in [1.807, 2.05) is 0 Å². The molecule has 36 heavy (non-hydrogen) atoms. The standard InChI is InChI=1S/C25H21ClN2O5S3/c1-33-22-11-6-19(26)13-18(22)15-28-24(30)23(35-25(28)34)12-16-4-9-21(10-5-16)36(31,32)27-14-17-2-7-20(29)8-3-17/h2-13,27,29H,14-15H2,1H3/b23-12-. The SMILES string of the molecule is COc1ccc(Cl)cc1CN1C(=O)/C(=C/c2ccc(S(=O)(=O)NCc3ccc(O)cc3)cc2)SC1=S. The summed E-state index contributed by atoms with van der Waals surface area (Å²) in [6.45, 7) is 0.305. The second-order valence-corrected chi connectivity index (χ2v) is 11.7. The third kappa shape index (κ3) is 6.08. The Morgan fingerprint density at radius 3 is 2.47 bits per heavy atom. The lowest BCUT2D eigenvalue weighted by atomic mass is 10.2. The number of ether oxygens (including phenoxy) is 1. The number of nitrogens with one attached hydrogen (secondary N) is 1. The van der Waals surface area contributed by atoms with Crippen LogP contribution in [-0.4, -0.2) is 35.8 Å². The van der Waals surface area contributed by atoms with Gasteiger partial charge in [-0.3, -0.25) is 9.69 Å². The Hall–Kier alpha value is -2.89. The molecule has 0 saturated carbocycles. The number of rotatable bonds is 8. The molecule has 1 aliphatic heterocycles. The third-order valence-electron chi connectivity index (χ3n) is 5.34. The number of phenolic OH excluding ortho intramolecular Hbond substituents is 1. The van der Waals surface area contributed by atoms with Crippen molar-refractivity contribution in [3.63, 3.8) is 0 Å². The number of phenols is 1. The molecule has 7 nitrogen and oxygen atoms in total. The first-order valence-electron chi connectivity index (χ1n) is 10.6. The predicted octanol–water partition coefficient (Wildman–Crippen LogP) is 4.93. The Morgan fingerprint density at radius 2 is 1.81 bits per heavy atom. The number of nitrogens with zero attached hydrogens (tertiary/aromatic N) is 1. The zero-order valence-corrected chi connectivity index (χ0v) is 22.2. The van der Waals surface area contributed by atoms with E-state index in [0.717, 1.165) is 5.56 Å². The van der Waals surface area contributed by atoms with Crippen molar-refractivity contribution in [2.75, 3.05) is 7.11 Å². The third-order valence-corrected chi connectivity index (χ3v) is 8.37. The topological polar surface area (TPSA) is 95.9 Å². The lowest BCUT2D eigenvalue weighted by Gasteiger charge is -2.17. The quantitative estimate of drug-likeness (QED) is 0.298. The number of hydrogen-bond donors (Lipinski definition) is 2. The van der Waals surface area contributed by atoms with Gasteiger partial charge in [-0.1, -0.05) is 59.8 Å². The van der Waals surface area contributed by atoms with Crippen LogP contribution in [0.4, 0.5) is 0 Å². The lowest BCUT2D eigenvalue weighted by molar-refractivity contribution is -0.122. The van der Waals surface area contributed by atoms with Gasteiger partial charge in [0.2, 0.25) is 10.0 Å². The van der Waals surface area contributed by atoms with Gasteiger partial charge in [0.15, 0.2) is 0 Å². The highest BCUT2D eigenvalue weighted by molar-refractivity contribution is 8.26. The van der Waals surface area contributed by atoms with Gasteiger partial charge >= 0.3 is 0 Å².